The van der Waals surface area contributed by atoms with Gasteiger partial charge in [-0.05, 0) is 252 Å². The quantitative estimate of drug-likeness (QED) is 0.0603. The van der Waals surface area contributed by atoms with Gasteiger partial charge in [-0.3, -0.25) is 4.79 Å². The summed E-state index contributed by atoms with van der Waals surface area (Å²) in [7, 11) is 1.54. The van der Waals surface area contributed by atoms with Gasteiger partial charge in [-0.2, -0.15) is 0 Å². The highest BCUT2D eigenvalue weighted by atomic mass is 16.6. The van der Waals surface area contributed by atoms with E-state index in [1.165, 1.54) is 85.2 Å². The average molecular weight is 1380 g/mol. The summed E-state index contributed by atoms with van der Waals surface area (Å²) in [4.78, 5) is 48.4. The Hall–Kier alpha value is -7.93. The highest BCUT2D eigenvalue weighted by Crippen LogP contribution is 2.67. The molecule has 1 aromatic heterocycles. The summed E-state index contributed by atoms with van der Waals surface area (Å²) in [5.74, 6) is -1.21. The van der Waals surface area contributed by atoms with E-state index in [-0.39, 0.29) is 119 Å². The van der Waals surface area contributed by atoms with Gasteiger partial charge in [-0.25, -0.2) is 9.59 Å². The van der Waals surface area contributed by atoms with Crippen LogP contribution in [0.1, 0.15) is 247 Å². The first-order valence-corrected chi connectivity index (χ1v) is 39.2. The van der Waals surface area contributed by atoms with Crippen molar-refractivity contribution >= 4 is 35.1 Å². The third kappa shape index (κ3) is 10.1. The largest absolute Gasteiger partial charge is 0.483 e. The second-order valence-corrected chi connectivity index (χ2v) is 33.7. The van der Waals surface area contributed by atoms with Crippen molar-refractivity contribution in [2.24, 2.45) is 41.4 Å². The van der Waals surface area contributed by atoms with Crippen molar-refractivity contribution in [1.82, 2.24) is 0 Å². The first-order chi connectivity index (χ1) is 50.3. The van der Waals surface area contributed by atoms with Gasteiger partial charge in [-0.1, -0.05) is 165 Å². The third-order valence-corrected chi connectivity index (χ3v) is 29.1. The van der Waals surface area contributed by atoms with E-state index in [1.807, 2.05) is 19.1 Å². The minimum absolute atomic E-state index is 0.0120. The number of aliphatic hydroxyl groups is 3. The number of carbonyl (C=O) groups excluding carboxylic acids is 2. The van der Waals surface area contributed by atoms with Crippen LogP contribution in [0.2, 0.25) is 0 Å². The van der Waals surface area contributed by atoms with Crippen LogP contribution in [0.3, 0.4) is 0 Å². The third-order valence-electron chi connectivity index (χ3n) is 29.1. The van der Waals surface area contributed by atoms with Crippen molar-refractivity contribution in [2.45, 2.75) is 200 Å². The van der Waals surface area contributed by atoms with Gasteiger partial charge in [-0.15, -0.1) is 0 Å². The van der Waals surface area contributed by atoms with Gasteiger partial charge in [0.1, 0.15) is 11.3 Å². The molecule has 20 bridgehead atoms. The molecule has 5 heterocycles. The molecule has 0 radical (unpaired) electrons. The van der Waals surface area contributed by atoms with Crippen LogP contribution in [-0.4, -0.2) is 65.9 Å². The summed E-state index contributed by atoms with van der Waals surface area (Å²) in [5.41, 5.74) is 16.6. The summed E-state index contributed by atoms with van der Waals surface area (Å²) >= 11 is 0. The standard InChI is InChI=1S/C92H96O11/c1-51(48-94)71-46-75-67-31-24-57-42-72(67)60-43-74-68-30-22-54-11-5-6-14-65(54)73(68)47-79(74)90(2)87(102-88(71)97)86(84-81(103-90)34-33-70-76(49-95)83(89(98)101-85(70)84)58(35-38-93)50-99-3)100-82(96)45-59-41-56(23-29-64(57)59)66-15-10-16-77-69(66)32-28-63-13-9-12-62-27-21-55-20-17-53(40-78(55)92(62,63)77)39-52-18-25-61(26-19-52)91(80(75)44-60)36-7-4-8-37-91/h5-6,10-11,14-27,29-31,33-34,40,42,56,58-60,62-64,68,73-75,79-80,86-87,93-95H,4,7-9,12-13,28,32,35-39,41,43-50H2,1-3H3/b71-51-/t56-,58+,59-,60+,62+,63-,64+,68-,73-,74+,75+,79+,80+,86+,87-,90-,92-/m0/s1. The number of ether oxygens (including phenoxy) is 4. The molecular weight excluding hydrogens is 1280 g/mol. The predicted octanol–water partition coefficient (Wildman–Crippen LogP) is 17.4. The molecule has 2 spiro atoms. The highest BCUT2D eigenvalue weighted by molar-refractivity contribution is 5.91. The van der Waals surface area contributed by atoms with Gasteiger partial charge in [0.25, 0.3) is 0 Å². The topological polar surface area (TPSA) is 162 Å². The Labute approximate surface area is 604 Å². The van der Waals surface area contributed by atoms with Crippen molar-refractivity contribution in [3.05, 3.63) is 250 Å². The van der Waals surface area contributed by atoms with Crippen molar-refractivity contribution in [1.29, 1.82) is 0 Å². The first kappa shape index (κ1) is 65.8. The van der Waals surface area contributed by atoms with Crippen molar-refractivity contribution in [3.63, 3.8) is 0 Å². The Bertz CT molecular complexity index is 4780. The van der Waals surface area contributed by atoms with Crippen LogP contribution < -0.4 is 10.4 Å². The number of hydrogen-bond donors (Lipinski definition) is 3. The molecule has 0 unspecified atom stereocenters. The number of benzene rings is 6. The molecule has 6 aromatic carbocycles. The second kappa shape index (κ2) is 25.4. The number of rotatable bonds is 7. The molecule has 3 saturated carbocycles. The molecule has 4 aliphatic heterocycles. The minimum Gasteiger partial charge on any atom is -0.483 e. The number of methoxy groups -OCH3 is 1. The fourth-order valence-corrected chi connectivity index (χ4v) is 24.7. The normalized spacial score (nSPS) is 33.0. The molecule has 13 aliphatic carbocycles. The van der Waals surface area contributed by atoms with Crippen molar-refractivity contribution in [3.8, 4) is 5.75 Å². The van der Waals surface area contributed by atoms with Crippen LogP contribution in [0.4, 0.5) is 0 Å². The van der Waals surface area contributed by atoms with E-state index in [4.69, 9.17) is 23.4 Å². The number of aliphatic hydroxyl groups excluding tert-OH is 3. The predicted molar refractivity (Wildman–Crippen MR) is 398 cm³/mol. The summed E-state index contributed by atoms with van der Waals surface area (Å²) in [6.07, 6.45) is 27.5. The number of fused-ring (bicyclic) bond motifs is 10. The zero-order valence-electron chi connectivity index (χ0n) is 59.8. The van der Waals surface area contributed by atoms with Crippen LogP contribution in [0, 0.1) is 41.4 Å². The lowest BCUT2D eigenvalue weighted by Gasteiger charge is -2.55. The van der Waals surface area contributed by atoms with E-state index < -0.39 is 47.9 Å². The van der Waals surface area contributed by atoms with Crippen molar-refractivity contribution < 1.29 is 48.3 Å². The van der Waals surface area contributed by atoms with E-state index >= 15 is 14.4 Å². The summed E-state index contributed by atoms with van der Waals surface area (Å²) in [6, 6.07) is 44.4. The van der Waals surface area contributed by atoms with E-state index in [2.05, 4.69) is 147 Å². The molecule has 3 N–H and O–H groups in total. The second-order valence-electron chi connectivity index (χ2n) is 33.7. The van der Waals surface area contributed by atoms with Crippen LogP contribution >= 0.6 is 0 Å². The van der Waals surface area contributed by atoms with Gasteiger partial charge < -0.3 is 38.7 Å². The Morgan fingerprint density at radius 1 is 0.709 bits per heavy atom. The lowest BCUT2D eigenvalue weighted by molar-refractivity contribution is -0.202. The van der Waals surface area contributed by atoms with Crippen LogP contribution in [-0.2, 0) is 54.1 Å². The molecule has 103 heavy (non-hydrogen) atoms. The minimum atomic E-state index is -1.40. The molecule has 24 rings (SSSR count). The van der Waals surface area contributed by atoms with Crippen LogP contribution in [0.25, 0.3) is 23.1 Å². The van der Waals surface area contributed by atoms with Gasteiger partial charge in [0.2, 0.25) is 0 Å². The number of allylic oxidation sites excluding steroid dienone is 4. The zero-order chi connectivity index (χ0) is 69.8. The average Bonchev–Trinajstić information content (AvgIpc) is 1.68. The monoisotopic (exact) mass is 1380 g/mol. The fraction of sp³-hybridized carbons (Fsp3) is 0.467. The molecular formula is C92H96O11. The maximum atomic E-state index is 16.8. The fourth-order valence-electron chi connectivity index (χ4n) is 24.7. The molecule has 11 nitrogen and oxygen atoms in total. The Balaban J connectivity index is 0.885. The molecule has 11 heteroatoms. The highest BCUT2D eigenvalue weighted by Gasteiger charge is 2.64. The number of esters is 2. The molecule has 530 valence electrons. The van der Waals surface area contributed by atoms with Gasteiger partial charge in [0, 0.05) is 65.7 Å². The van der Waals surface area contributed by atoms with Crippen molar-refractivity contribution in [2.75, 3.05) is 26.9 Å². The van der Waals surface area contributed by atoms with E-state index in [0.717, 1.165) is 70.6 Å². The molecule has 4 fully saturated rings. The summed E-state index contributed by atoms with van der Waals surface area (Å²) in [5, 5.41) is 34.1. The molecule has 1 saturated heterocycles. The van der Waals surface area contributed by atoms with Gasteiger partial charge in [0.15, 0.2) is 17.8 Å². The summed E-state index contributed by atoms with van der Waals surface area (Å²) < 4.78 is 35.2. The molecule has 0 amide bonds. The molecule has 17 aliphatic rings. The number of hydrogen-bond acceptors (Lipinski definition) is 11. The maximum absolute atomic E-state index is 16.8. The Kier molecular flexibility index (Phi) is 16.2. The van der Waals surface area contributed by atoms with Gasteiger partial charge in [0.05, 0.1) is 25.4 Å². The first-order valence-electron chi connectivity index (χ1n) is 39.2. The number of carbonyl (C=O) groups is 2. The lowest BCUT2D eigenvalue weighted by Crippen LogP contribution is -2.59. The van der Waals surface area contributed by atoms with E-state index in [9.17, 15) is 15.3 Å². The summed E-state index contributed by atoms with van der Waals surface area (Å²) in [6.45, 7) is 2.87. The molecule has 7 aromatic rings. The zero-order valence-corrected chi connectivity index (χ0v) is 59.8. The molecule has 17 atom stereocenters. The van der Waals surface area contributed by atoms with Gasteiger partial charge >= 0.3 is 17.6 Å². The van der Waals surface area contributed by atoms with Crippen LogP contribution in [0.5, 0.6) is 5.75 Å². The maximum Gasteiger partial charge on any atom is 0.340 e. The van der Waals surface area contributed by atoms with E-state index in [0.29, 0.717) is 58.9 Å². The van der Waals surface area contributed by atoms with Crippen LogP contribution in [0.15, 0.2) is 160 Å². The van der Waals surface area contributed by atoms with E-state index in [1.54, 1.807) is 7.11 Å². The smallest absolute Gasteiger partial charge is 0.340 e. The Morgan fingerprint density at radius 3 is 2.38 bits per heavy atom. The lowest BCUT2D eigenvalue weighted by atomic mass is 9.48. The Morgan fingerprint density at radius 2 is 1.54 bits per heavy atom. The SMILES string of the molecule is COC[C@@H](CCO)c1c(CO)c2ccc3c(c2oc1=O)[C@H]1OC(=O)C[C@@H]2C[C@@H]4C=C[C@@H]2c2ccc5c(c2)[C@@H]2C[C@@H]6[C@H]7C=Cc8ccccc8[C@@H]7C[C@H]6[C@](C)(O3)[C@H]1OC(=O)/C(=C(/C)CO)C[C@H]5[C@@H](C2)C1(CCCCC1)c1ccc(cc1)Cc1ccc2c(c1)[C@]13c5cccc4c5CC[C@@H]1CCC[C@@H]3C=C2.